The second kappa shape index (κ2) is 4.08. The highest BCUT2D eigenvalue weighted by atomic mass is 14.9. The molecule has 1 heterocycles. The molecule has 70 valence electrons. The molecule has 0 bridgehead atoms. The highest BCUT2D eigenvalue weighted by Crippen LogP contribution is 2.12. The summed E-state index contributed by atoms with van der Waals surface area (Å²) in [5, 5.41) is 7.30. The molecule has 0 unspecified atom stereocenters. The monoisotopic (exact) mass is 176 g/mol. The van der Waals surface area contributed by atoms with Crippen LogP contribution in [-0.4, -0.2) is 10.3 Å². The Kier molecular flexibility index (Phi) is 3.07. The molecule has 1 rings (SSSR count). The van der Waals surface area contributed by atoms with Crippen molar-refractivity contribution < 1.29 is 0 Å². The van der Waals surface area contributed by atoms with Crippen LogP contribution in [0.4, 0.5) is 0 Å². The number of rotatable bonds is 3. The van der Waals surface area contributed by atoms with Crippen molar-refractivity contribution in [3.05, 3.63) is 29.6 Å². The van der Waals surface area contributed by atoms with Crippen LogP contribution in [0.1, 0.15) is 25.1 Å². The summed E-state index contributed by atoms with van der Waals surface area (Å²) in [6.07, 6.45) is 6.92. The summed E-state index contributed by atoms with van der Waals surface area (Å²) in [7, 11) is 2.03. The lowest BCUT2D eigenvalue weighted by Gasteiger charge is -1.99. The molecule has 0 radical (unpaired) electrons. The summed E-state index contributed by atoms with van der Waals surface area (Å²) in [5.74, 6) is 0. The first-order chi connectivity index (χ1) is 6.15. The predicted molar refractivity (Wildman–Crippen MR) is 57.2 cm³/mol. The Morgan fingerprint density at radius 3 is 2.85 bits per heavy atom. The molecular formula is C11H16N2. The zero-order chi connectivity index (χ0) is 9.84. The number of nitrogens with zero attached hydrogens (tertiary/aromatic N) is 1. The van der Waals surface area contributed by atoms with Crippen molar-refractivity contribution in [1.29, 1.82) is 5.41 Å². The fourth-order valence-electron chi connectivity index (χ4n) is 1.32. The SMILES string of the molecule is CCc1ccn(C)c1/C=C\C(C)=N. The lowest BCUT2D eigenvalue weighted by molar-refractivity contribution is 0.905. The highest BCUT2D eigenvalue weighted by Gasteiger charge is 2.00. The van der Waals surface area contributed by atoms with Crippen molar-refractivity contribution in [1.82, 2.24) is 4.57 Å². The summed E-state index contributed by atoms with van der Waals surface area (Å²) in [5.41, 5.74) is 3.12. The standard InChI is InChI=1S/C11H16N2/c1-4-10-7-8-13(3)11(10)6-5-9(2)12/h5-8,12H,4H2,1-3H3/b6-5-,12-9?. The van der Waals surface area contributed by atoms with E-state index in [0.29, 0.717) is 5.71 Å². The van der Waals surface area contributed by atoms with Gasteiger partial charge in [-0.1, -0.05) is 6.92 Å². The molecule has 0 saturated heterocycles. The van der Waals surface area contributed by atoms with Crippen molar-refractivity contribution in [2.24, 2.45) is 7.05 Å². The molecule has 0 aliphatic rings. The number of aryl methyl sites for hydroxylation is 2. The maximum atomic E-state index is 7.30. The smallest absolute Gasteiger partial charge is 0.0437 e. The highest BCUT2D eigenvalue weighted by molar-refractivity contribution is 5.93. The Morgan fingerprint density at radius 2 is 2.31 bits per heavy atom. The molecule has 0 spiro atoms. The zero-order valence-electron chi connectivity index (χ0n) is 8.46. The minimum Gasteiger partial charge on any atom is -0.351 e. The van der Waals surface area contributed by atoms with E-state index in [2.05, 4.69) is 23.8 Å². The summed E-state index contributed by atoms with van der Waals surface area (Å²) in [6, 6.07) is 2.12. The van der Waals surface area contributed by atoms with Gasteiger partial charge in [0.25, 0.3) is 0 Å². The fraction of sp³-hybridized carbons (Fsp3) is 0.364. The topological polar surface area (TPSA) is 28.8 Å². The number of aromatic nitrogens is 1. The summed E-state index contributed by atoms with van der Waals surface area (Å²) < 4.78 is 2.08. The average Bonchev–Trinajstić information content (AvgIpc) is 2.43. The van der Waals surface area contributed by atoms with Crippen LogP contribution in [0.5, 0.6) is 0 Å². The molecule has 1 N–H and O–H groups in total. The van der Waals surface area contributed by atoms with Crippen molar-refractivity contribution >= 4 is 11.8 Å². The molecule has 0 atom stereocenters. The van der Waals surface area contributed by atoms with Gasteiger partial charge in [-0.2, -0.15) is 0 Å². The Labute approximate surface area is 79.4 Å². The number of hydrogen-bond acceptors (Lipinski definition) is 1. The van der Waals surface area contributed by atoms with Gasteiger partial charge in [-0.15, -0.1) is 0 Å². The van der Waals surface area contributed by atoms with E-state index in [1.54, 1.807) is 6.92 Å². The quantitative estimate of drug-likeness (QED) is 0.686. The van der Waals surface area contributed by atoms with Gasteiger partial charge in [-0.25, -0.2) is 0 Å². The van der Waals surface area contributed by atoms with Crippen LogP contribution in [-0.2, 0) is 13.5 Å². The molecule has 1 aromatic rings. The fourth-order valence-corrected chi connectivity index (χ4v) is 1.32. The van der Waals surface area contributed by atoms with E-state index in [-0.39, 0.29) is 0 Å². The van der Waals surface area contributed by atoms with Crippen molar-refractivity contribution in [3.8, 4) is 0 Å². The Morgan fingerprint density at radius 1 is 1.62 bits per heavy atom. The predicted octanol–water partition coefficient (Wildman–Crippen LogP) is 2.64. The Hall–Kier alpha value is -1.31. The van der Waals surface area contributed by atoms with Gasteiger partial charge in [0.15, 0.2) is 0 Å². The second-order valence-electron chi connectivity index (χ2n) is 3.21. The minimum atomic E-state index is 0.586. The minimum absolute atomic E-state index is 0.586. The lowest BCUT2D eigenvalue weighted by atomic mass is 10.2. The van der Waals surface area contributed by atoms with Gasteiger partial charge in [0.2, 0.25) is 0 Å². The average molecular weight is 176 g/mol. The maximum Gasteiger partial charge on any atom is 0.0437 e. The molecule has 0 saturated carbocycles. The number of nitrogens with one attached hydrogen (secondary N) is 1. The van der Waals surface area contributed by atoms with Gasteiger partial charge >= 0.3 is 0 Å². The molecule has 0 aliphatic heterocycles. The molecule has 2 heteroatoms. The van der Waals surface area contributed by atoms with Crippen LogP contribution in [0.25, 0.3) is 6.08 Å². The third-order valence-electron chi connectivity index (χ3n) is 2.08. The van der Waals surface area contributed by atoms with Crippen LogP contribution in [0.3, 0.4) is 0 Å². The number of allylic oxidation sites excluding steroid dienone is 1. The van der Waals surface area contributed by atoms with Gasteiger partial charge in [0.1, 0.15) is 0 Å². The van der Waals surface area contributed by atoms with Gasteiger partial charge < -0.3 is 9.98 Å². The van der Waals surface area contributed by atoms with Crippen LogP contribution in [0.15, 0.2) is 18.3 Å². The van der Waals surface area contributed by atoms with Crippen molar-refractivity contribution in [2.45, 2.75) is 20.3 Å². The summed E-state index contributed by atoms with van der Waals surface area (Å²) in [4.78, 5) is 0. The van der Waals surface area contributed by atoms with Gasteiger partial charge in [0.05, 0.1) is 0 Å². The van der Waals surface area contributed by atoms with E-state index >= 15 is 0 Å². The Bertz CT molecular complexity index is 332. The third-order valence-corrected chi connectivity index (χ3v) is 2.08. The van der Waals surface area contributed by atoms with E-state index in [4.69, 9.17) is 5.41 Å². The van der Waals surface area contributed by atoms with Crippen LogP contribution >= 0.6 is 0 Å². The molecule has 13 heavy (non-hydrogen) atoms. The van der Waals surface area contributed by atoms with E-state index < -0.39 is 0 Å². The maximum absolute atomic E-state index is 7.30. The molecule has 0 fully saturated rings. The van der Waals surface area contributed by atoms with Gasteiger partial charge in [-0.3, -0.25) is 0 Å². The lowest BCUT2D eigenvalue weighted by Crippen LogP contribution is -1.92. The molecule has 0 aliphatic carbocycles. The van der Waals surface area contributed by atoms with Crippen molar-refractivity contribution in [2.75, 3.05) is 0 Å². The first kappa shape index (κ1) is 9.78. The second-order valence-corrected chi connectivity index (χ2v) is 3.21. The van der Waals surface area contributed by atoms with E-state index in [0.717, 1.165) is 6.42 Å². The van der Waals surface area contributed by atoms with E-state index in [1.807, 2.05) is 19.2 Å². The Balaban J connectivity index is 2.98. The summed E-state index contributed by atoms with van der Waals surface area (Å²) >= 11 is 0. The first-order valence-electron chi connectivity index (χ1n) is 4.52. The van der Waals surface area contributed by atoms with Gasteiger partial charge in [-0.05, 0) is 37.1 Å². The molecule has 1 aromatic heterocycles. The molecule has 2 nitrogen and oxygen atoms in total. The summed E-state index contributed by atoms with van der Waals surface area (Å²) in [6.45, 7) is 3.93. The third kappa shape index (κ3) is 2.31. The van der Waals surface area contributed by atoms with E-state index in [9.17, 15) is 0 Å². The van der Waals surface area contributed by atoms with Gasteiger partial charge in [0, 0.05) is 24.7 Å². The zero-order valence-corrected chi connectivity index (χ0v) is 8.46. The molecule has 0 aromatic carbocycles. The molecule has 0 amide bonds. The number of hydrogen-bond donors (Lipinski definition) is 1. The van der Waals surface area contributed by atoms with Crippen LogP contribution < -0.4 is 0 Å². The van der Waals surface area contributed by atoms with Crippen LogP contribution in [0, 0.1) is 5.41 Å². The largest absolute Gasteiger partial charge is 0.351 e. The van der Waals surface area contributed by atoms with E-state index in [1.165, 1.54) is 11.3 Å². The molecular weight excluding hydrogens is 160 g/mol. The van der Waals surface area contributed by atoms with Crippen LogP contribution in [0.2, 0.25) is 0 Å². The normalized spacial score (nSPS) is 11.0. The van der Waals surface area contributed by atoms with Crippen molar-refractivity contribution in [3.63, 3.8) is 0 Å². The first-order valence-corrected chi connectivity index (χ1v) is 4.52.